The summed E-state index contributed by atoms with van der Waals surface area (Å²) in [5, 5.41) is 0. The Bertz CT molecular complexity index is 300. The largest absolute Gasteiger partial charge is 0.463 e. The van der Waals surface area contributed by atoms with E-state index >= 15 is 0 Å². The van der Waals surface area contributed by atoms with E-state index in [4.69, 9.17) is 0 Å². The summed E-state index contributed by atoms with van der Waals surface area (Å²) in [4.78, 5) is 23.4. The number of hydrogen-bond donors (Lipinski definition) is 0. The van der Waals surface area contributed by atoms with Gasteiger partial charge in [0, 0.05) is 6.42 Å². The minimum absolute atomic E-state index is 0.0430. The normalized spacial score (nSPS) is 11.3. The number of carbonyl (C=O) groups is 2. The second kappa shape index (κ2) is 12.4. The summed E-state index contributed by atoms with van der Waals surface area (Å²) in [5.41, 5.74) is -2.66. The lowest BCUT2D eigenvalue weighted by Crippen LogP contribution is -2.45. The Morgan fingerprint density at radius 1 is 0.773 bits per heavy atom. The second-order valence-corrected chi connectivity index (χ2v) is 5.47. The highest BCUT2D eigenvalue weighted by Crippen LogP contribution is 2.24. The van der Waals surface area contributed by atoms with Gasteiger partial charge >= 0.3 is 17.6 Å². The van der Waals surface area contributed by atoms with E-state index in [0.29, 0.717) is 6.42 Å². The molecule has 0 aliphatic heterocycles. The van der Waals surface area contributed by atoms with Crippen LogP contribution < -0.4 is 0 Å². The third-order valence-electron chi connectivity index (χ3n) is 3.57. The quantitative estimate of drug-likeness (QED) is 0.288. The van der Waals surface area contributed by atoms with Crippen molar-refractivity contribution in [3.8, 4) is 0 Å². The zero-order chi connectivity index (χ0) is 16.8. The monoisotopic (exact) mass is 318 g/mol. The zero-order valence-electron chi connectivity index (χ0n) is 14.3. The van der Waals surface area contributed by atoms with E-state index in [-0.39, 0.29) is 19.6 Å². The number of alkyl halides is 1. The minimum atomic E-state index is -2.66. The van der Waals surface area contributed by atoms with Crippen molar-refractivity contribution in [3.05, 3.63) is 0 Å². The van der Waals surface area contributed by atoms with Crippen LogP contribution in [0.25, 0.3) is 0 Å². The van der Waals surface area contributed by atoms with Crippen molar-refractivity contribution in [2.45, 2.75) is 84.2 Å². The van der Waals surface area contributed by atoms with Crippen LogP contribution in [0.5, 0.6) is 0 Å². The number of halogens is 1. The van der Waals surface area contributed by atoms with Crippen molar-refractivity contribution >= 4 is 11.9 Å². The van der Waals surface area contributed by atoms with E-state index in [1.54, 1.807) is 13.8 Å². The standard InChI is InChI=1S/C17H31FO4/c1-4-7-8-9-10-11-12-13-14-17(18,15(19)21-5-2)16(20)22-6-3/h4-14H2,1-3H3. The molecule has 4 nitrogen and oxygen atoms in total. The topological polar surface area (TPSA) is 52.6 Å². The molecule has 0 rings (SSSR count). The highest BCUT2D eigenvalue weighted by Gasteiger charge is 2.49. The first kappa shape index (κ1) is 20.9. The molecule has 0 amide bonds. The lowest BCUT2D eigenvalue weighted by atomic mass is 9.97. The van der Waals surface area contributed by atoms with E-state index in [1.807, 2.05) is 0 Å². The van der Waals surface area contributed by atoms with E-state index < -0.39 is 17.6 Å². The molecule has 0 aliphatic carbocycles. The van der Waals surface area contributed by atoms with Crippen molar-refractivity contribution in [3.63, 3.8) is 0 Å². The van der Waals surface area contributed by atoms with E-state index in [1.165, 1.54) is 25.7 Å². The molecule has 0 atom stereocenters. The number of rotatable bonds is 13. The molecular formula is C17H31FO4. The Labute approximate surface area is 133 Å². The molecule has 0 heterocycles. The minimum Gasteiger partial charge on any atom is -0.463 e. The maximum absolute atomic E-state index is 14.7. The predicted molar refractivity (Wildman–Crippen MR) is 84.3 cm³/mol. The maximum Gasteiger partial charge on any atom is 0.355 e. The molecule has 0 aromatic carbocycles. The molecule has 0 radical (unpaired) electrons. The fourth-order valence-corrected chi connectivity index (χ4v) is 2.28. The molecule has 130 valence electrons. The molecule has 0 spiro atoms. The van der Waals surface area contributed by atoms with Crippen molar-refractivity contribution in [2.75, 3.05) is 13.2 Å². The first-order valence-corrected chi connectivity index (χ1v) is 8.56. The van der Waals surface area contributed by atoms with Gasteiger partial charge in [-0.1, -0.05) is 51.9 Å². The Hall–Kier alpha value is -1.13. The van der Waals surface area contributed by atoms with Crippen molar-refractivity contribution < 1.29 is 23.5 Å². The molecule has 0 saturated heterocycles. The average molecular weight is 318 g/mol. The number of esters is 2. The van der Waals surface area contributed by atoms with Gasteiger partial charge < -0.3 is 9.47 Å². The van der Waals surface area contributed by atoms with Gasteiger partial charge in [0.05, 0.1) is 13.2 Å². The molecule has 0 aromatic rings. The van der Waals surface area contributed by atoms with Crippen molar-refractivity contribution in [1.29, 1.82) is 0 Å². The van der Waals surface area contributed by atoms with Crippen LogP contribution in [-0.4, -0.2) is 30.8 Å². The third kappa shape index (κ3) is 7.76. The highest BCUT2D eigenvalue weighted by atomic mass is 19.1. The summed E-state index contributed by atoms with van der Waals surface area (Å²) in [6, 6.07) is 0. The Morgan fingerprint density at radius 2 is 1.18 bits per heavy atom. The Balaban J connectivity index is 4.19. The van der Waals surface area contributed by atoms with Crippen LogP contribution in [0, 0.1) is 0 Å². The van der Waals surface area contributed by atoms with Crippen LogP contribution in [0.2, 0.25) is 0 Å². The van der Waals surface area contributed by atoms with Gasteiger partial charge in [0.2, 0.25) is 0 Å². The lowest BCUT2D eigenvalue weighted by Gasteiger charge is -2.21. The first-order chi connectivity index (χ1) is 10.5. The molecule has 0 fully saturated rings. The summed E-state index contributed by atoms with van der Waals surface area (Å²) in [6.45, 7) is 5.42. The summed E-state index contributed by atoms with van der Waals surface area (Å²) in [6.07, 6.45) is 8.09. The fraction of sp³-hybridized carbons (Fsp3) is 0.882. The van der Waals surface area contributed by atoms with Crippen LogP contribution in [0.15, 0.2) is 0 Å². The second-order valence-electron chi connectivity index (χ2n) is 5.47. The van der Waals surface area contributed by atoms with Gasteiger partial charge in [-0.2, -0.15) is 0 Å². The summed E-state index contributed by atoms with van der Waals surface area (Å²) in [7, 11) is 0. The van der Waals surface area contributed by atoms with Crippen LogP contribution in [-0.2, 0) is 19.1 Å². The number of carbonyl (C=O) groups excluding carboxylic acids is 2. The molecular weight excluding hydrogens is 287 g/mol. The van der Waals surface area contributed by atoms with E-state index in [2.05, 4.69) is 16.4 Å². The summed E-state index contributed by atoms with van der Waals surface area (Å²) < 4.78 is 24.0. The highest BCUT2D eigenvalue weighted by molar-refractivity contribution is 6.03. The van der Waals surface area contributed by atoms with Gasteiger partial charge in [-0.15, -0.1) is 0 Å². The van der Waals surface area contributed by atoms with Gasteiger partial charge in [-0.05, 0) is 20.3 Å². The molecule has 5 heteroatoms. The number of ether oxygens (including phenoxy) is 2. The van der Waals surface area contributed by atoms with Crippen LogP contribution in [0.3, 0.4) is 0 Å². The lowest BCUT2D eigenvalue weighted by molar-refractivity contribution is -0.175. The molecule has 0 bridgehead atoms. The summed E-state index contributed by atoms with van der Waals surface area (Å²) in [5.74, 6) is -2.26. The van der Waals surface area contributed by atoms with Crippen LogP contribution in [0.1, 0.15) is 78.6 Å². The molecule has 0 aromatic heterocycles. The zero-order valence-corrected chi connectivity index (χ0v) is 14.3. The summed E-state index contributed by atoms with van der Waals surface area (Å²) >= 11 is 0. The third-order valence-corrected chi connectivity index (χ3v) is 3.57. The van der Waals surface area contributed by atoms with E-state index in [0.717, 1.165) is 19.3 Å². The number of unbranched alkanes of at least 4 members (excludes halogenated alkanes) is 7. The first-order valence-electron chi connectivity index (χ1n) is 8.56. The van der Waals surface area contributed by atoms with Gasteiger partial charge in [0.25, 0.3) is 0 Å². The smallest absolute Gasteiger partial charge is 0.355 e. The van der Waals surface area contributed by atoms with Crippen LogP contribution in [0.4, 0.5) is 4.39 Å². The molecule has 22 heavy (non-hydrogen) atoms. The molecule has 0 N–H and O–H groups in total. The average Bonchev–Trinajstić information content (AvgIpc) is 2.50. The molecule has 0 saturated carbocycles. The SMILES string of the molecule is CCCCCCCCCCC(F)(C(=O)OCC)C(=O)OCC. The Morgan fingerprint density at radius 3 is 1.59 bits per heavy atom. The molecule has 0 aliphatic rings. The number of hydrogen-bond acceptors (Lipinski definition) is 4. The van der Waals surface area contributed by atoms with Gasteiger partial charge in [0.1, 0.15) is 0 Å². The Kier molecular flexibility index (Phi) is 11.8. The van der Waals surface area contributed by atoms with Gasteiger partial charge in [0.15, 0.2) is 0 Å². The van der Waals surface area contributed by atoms with E-state index in [9.17, 15) is 14.0 Å². The molecule has 0 unspecified atom stereocenters. The fourth-order valence-electron chi connectivity index (χ4n) is 2.28. The van der Waals surface area contributed by atoms with Crippen LogP contribution >= 0.6 is 0 Å². The van der Waals surface area contributed by atoms with Crippen molar-refractivity contribution in [2.24, 2.45) is 0 Å². The predicted octanol–water partition coefficient (Wildman–Crippen LogP) is 4.35. The van der Waals surface area contributed by atoms with Crippen molar-refractivity contribution in [1.82, 2.24) is 0 Å². The van der Waals surface area contributed by atoms with Gasteiger partial charge in [-0.25, -0.2) is 14.0 Å². The maximum atomic E-state index is 14.7. The van der Waals surface area contributed by atoms with Gasteiger partial charge in [-0.3, -0.25) is 0 Å².